The van der Waals surface area contributed by atoms with Crippen molar-refractivity contribution in [1.82, 2.24) is 0 Å². The van der Waals surface area contributed by atoms with Gasteiger partial charge in [0, 0.05) is 19.4 Å². The van der Waals surface area contributed by atoms with Gasteiger partial charge in [0.2, 0.25) is 0 Å². The summed E-state index contributed by atoms with van der Waals surface area (Å²) in [6, 6.07) is 0. The minimum absolute atomic E-state index is 0.444. The topological polar surface area (TPSA) is 26.3 Å². The van der Waals surface area contributed by atoms with Crippen LogP contribution >= 0.6 is 0 Å². The molecule has 0 N–H and O–H groups in total. The zero-order valence-corrected chi connectivity index (χ0v) is 15.6. The predicted molar refractivity (Wildman–Crippen MR) is 94.6 cm³/mol. The summed E-state index contributed by atoms with van der Waals surface area (Å²) in [5.41, 5.74) is 0.896. The largest absolute Gasteiger partial charge is 0.377 e. The fourth-order valence-corrected chi connectivity index (χ4v) is 8.33. The van der Waals surface area contributed by atoms with Crippen molar-refractivity contribution < 1.29 is 9.53 Å². The van der Waals surface area contributed by atoms with Gasteiger partial charge in [0.15, 0.2) is 0 Å². The van der Waals surface area contributed by atoms with E-state index in [0.29, 0.717) is 28.6 Å². The van der Waals surface area contributed by atoms with E-state index in [-0.39, 0.29) is 0 Å². The highest BCUT2D eigenvalue weighted by atomic mass is 16.5. The van der Waals surface area contributed by atoms with Gasteiger partial charge in [-0.25, -0.2) is 0 Å². The van der Waals surface area contributed by atoms with Crippen molar-refractivity contribution in [3.05, 3.63) is 0 Å². The fourth-order valence-electron chi connectivity index (χ4n) is 8.33. The molecule has 0 aromatic rings. The lowest BCUT2D eigenvalue weighted by atomic mass is 9.45. The first-order valence-electron chi connectivity index (χ1n) is 10.7. The van der Waals surface area contributed by atoms with Gasteiger partial charge in [0.05, 0.1) is 6.10 Å². The van der Waals surface area contributed by atoms with Gasteiger partial charge in [-0.15, -0.1) is 0 Å². The monoisotopic (exact) mass is 330 g/mol. The first-order chi connectivity index (χ1) is 11.5. The summed E-state index contributed by atoms with van der Waals surface area (Å²) in [6.45, 7) is 6.13. The van der Waals surface area contributed by atoms with Gasteiger partial charge in [-0.3, -0.25) is 4.79 Å². The number of ketones is 1. The minimum Gasteiger partial charge on any atom is -0.377 e. The van der Waals surface area contributed by atoms with E-state index >= 15 is 0 Å². The van der Waals surface area contributed by atoms with E-state index in [4.69, 9.17) is 4.74 Å². The van der Waals surface area contributed by atoms with Gasteiger partial charge in [-0.2, -0.15) is 0 Å². The van der Waals surface area contributed by atoms with E-state index in [0.717, 1.165) is 43.1 Å². The van der Waals surface area contributed by atoms with E-state index in [1.54, 1.807) is 0 Å². The Morgan fingerprint density at radius 1 is 1.00 bits per heavy atom. The van der Waals surface area contributed by atoms with Crippen LogP contribution in [0.15, 0.2) is 0 Å². The maximum absolute atomic E-state index is 12.0. The van der Waals surface area contributed by atoms with Crippen LogP contribution in [0.4, 0.5) is 0 Å². The lowest BCUT2D eigenvalue weighted by Crippen LogP contribution is -2.54. The number of carbonyl (C=O) groups is 1. The maximum Gasteiger partial charge on any atom is 0.133 e. The van der Waals surface area contributed by atoms with Crippen LogP contribution in [0.2, 0.25) is 0 Å². The Kier molecular flexibility index (Phi) is 3.51. The zero-order valence-electron chi connectivity index (χ0n) is 15.6. The molecule has 1 aliphatic heterocycles. The molecule has 0 radical (unpaired) electrons. The number of fused-ring (bicyclic) bond motifs is 7. The number of rotatable bonds is 0. The molecule has 2 heteroatoms. The SMILES string of the molecule is CC12CCC(=O)CC1CCC1C2CCC2(C)C1CC1CCCOC12. The van der Waals surface area contributed by atoms with Crippen LogP contribution in [-0.4, -0.2) is 18.5 Å². The average molecular weight is 331 g/mol. The molecule has 0 amide bonds. The van der Waals surface area contributed by atoms with Crippen LogP contribution in [0.1, 0.15) is 78.1 Å². The number of ether oxygens (including phenoxy) is 1. The third kappa shape index (κ3) is 2.01. The maximum atomic E-state index is 12.0. The minimum atomic E-state index is 0.444. The van der Waals surface area contributed by atoms with E-state index in [9.17, 15) is 4.79 Å². The molecule has 0 bridgehead atoms. The van der Waals surface area contributed by atoms with Crippen molar-refractivity contribution >= 4 is 5.78 Å². The molecule has 8 atom stereocenters. The highest BCUT2D eigenvalue weighted by molar-refractivity contribution is 5.79. The van der Waals surface area contributed by atoms with Gasteiger partial charge in [-0.1, -0.05) is 13.8 Å². The molecule has 5 aliphatic rings. The van der Waals surface area contributed by atoms with E-state index in [1.807, 2.05) is 0 Å². The van der Waals surface area contributed by atoms with Gasteiger partial charge in [0.25, 0.3) is 0 Å². The predicted octanol–water partition coefficient (Wildman–Crippen LogP) is 5.00. The van der Waals surface area contributed by atoms with Crippen molar-refractivity contribution in [2.75, 3.05) is 6.61 Å². The van der Waals surface area contributed by atoms with Crippen molar-refractivity contribution in [2.24, 2.45) is 40.4 Å². The highest BCUT2D eigenvalue weighted by Gasteiger charge is 2.62. The van der Waals surface area contributed by atoms with Crippen LogP contribution in [0, 0.1) is 40.4 Å². The lowest BCUT2D eigenvalue weighted by Gasteiger charge is -2.60. The van der Waals surface area contributed by atoms with Crippen LogP contribution in [0.3, 0.4) is 0 Å². The van der Waals surface area contributed by atoms with Crippen molar-refractivity contribution in [1.29, 1.82) is 0 Å². The van der Waals surface area contributed by atoms with Gasteiger partial charge >= 0.3 is 0 Å². The molecule has 1 saturated heterocycles. The second kappa shape index (κ2) is 5.32. The number of Topliss-reactive ketones (excluding diaryl/α,β-unsaturated/α-hetero) is 1. The van der Waals surface area contributed by atoms with Gasteiger partial charge in [0.1, 0.15) is 5.78 Å². The van der Waals surface area contributed by atoms with Crippen molar-refractivity contribution in [3.63, 3.8) is 0 Å². The molecule has 2 nitrogen and oxygen atoms in total. The normalized spacial score (nSPS) is 56.8. The Bertz CT molecular complexity index is 542. The van der Waals surface area contributed by atoms with Crippen molar-refractivity contribution in [3.8, 4) is 0 Å². The molecule has 4 saturated carbocycles. The third-order valence-electron chi connectivity index (χ3n) is 9.57. The summed E-state index contributed by atoms with van der Waals surface area (Å²) in [7, 11) is 0. The van der Waals surface area contributed by atoms with Crippen LogP contribution in [0.25, 0.3) is 0 Å². The number of hydrogen-bond donors (Lipinski definition) is 0. The third-order valence-corrected chi connectivity index (χ3v) is 9.57. The second-order valence-corrected chi connectivity index (χ2v) is 10.4. The number of hydrogen-bond acceptors (Lipinski definition) is 2. The van der Waals surface area contributed by atoms with Gasteiger partial charge < -0.3 is 4.74 Å². The summed E-state index contributed by atoms with van der Waals surface area (Å²) >= 11 is 0. The zero-order chi connectivity index (χ0) is 16.5. The first kappa shape index (κ1) is 15.9. The van der Waals surface area contributed by atoms with Crippen LogP contribution in [0.5, 0.6) is 0 Å². The smallest absolute Gasteiger partial charge is 0.133 e. The quantitative estimate of drug-likeness (QED) is 0.624. The Morgan fingerprint density at radius 3 is 2.75 bits per heavy atom. The molecule has 4 aliphatic carbocycles. The molecule has 8 unspecified atom stereocenters. The highest BCUT2D eigenvalue weighted by Crippen LogP contribution is 2.67. The Morgan fingerprint density at radius 2 is 1.88 bits per heavy atom. The van der Waals surface area contributed by atoms with Crippen LogP contribution in [-0.2, 0) is 9.53 Å². The summed E-state index contributed by atoms with van der Waals surface area (Å²) in [5, 5.41) is 0. The van der Waals surface area contributed by atoms with E-state index in [1.165, 1.54) is 51.4 Å². The lowest BCUT2D eigenvalue weighted by molar-refractivity contribution is -0.148. The van der Waals surface area contributed by atoms with E-state index in [2.05, 4.69) is 13.8 Å². The average Bonchev–Trinajstić information content (AvgIpc) is 2.89. The molecule has 0 aromatic heterocycles. The number of carbonyl (C=O) groups excluding carboxylic acids is 1. The van der Waals surface area contributed by atoms with Crippen molar-refractivity contribution in [2.45, 2.75) is 84.2 Å². The molecule has 5 rings (SSSR count). The summed E-state index contributed by atoms with van der Waals surface area (Å²) in [4.78, 5) is 12.0. The molecular formula is C22H34O2. The Balaban J connectivity index is 1.45. The van der Waals surface area contributed by atoms with E-state index < -0.39 is 0 Å². The van der Waals surface area contributed by atoms with Gasteiger partial charge in [-0.05, 0) is 91.8 Å². The Labute approximate surface area is 147 Å². The standard InChI is InChI=1S/C22H34O2/c1-21-9-7-16(23)13-15(21)5-6-17-18(21)8-10-22(2)19(17)12-14-4-3-11-24-20(14)22/h14-15,17-20H,3-13H2,1-2H3. The molecule has 0 aromatic carbocycles. The summed E-state index contributed by atoms with van der Waals surface area (Å²) in [6.07, 6.45) is 13.0. The fraction of sp³-hybridized carbons (Fsp3) is 0.955. The summed E-state index contributed by atoms with van der Waals surface area (Å²) in [5.74, 6) is 4.74. The molecule has 1 heterocycles. The molecular weight excluding hydrogens is 296 g/mol. The molecule has 134 valence electrons. The second-order valence-electron chi connectivity index (χ2n) is 10.4. The molecule has 0 spiro atoms. The first-order valence-corrected chi connectivity index (χ1v) is 10.7. The molecule has 24 heavy (non-hydrogen) atoms. The summed E-state index contributed by atoms with van der Waals surface area (Å²) < 4.78 is 6.36. The Hall–Kier alpha value is -0.370. The van der Waals surface area contributed by atoms with Crippen LogP contribution < -0.4 is 0 Å². The molecule has 5 fully saturated rings.